The number of fused-ring (bicyclic) bond motifs is 5. The molecule has 2 atom stereocenters. The zero-order valence-corrected chi connectivity index (χ0v) is 18.8. The average Bonchev–Trinajstić information content (AvgIpc) is 3.15. The Labute approximate surface area is 201 Å². The number of aryl methyl sites for hydroxylation is 1. The van der Waals surface area contributed by atoms with Crippen LogP contribution in [0.5, 0.6) is 0 Å². The molecule has 3 aliphatic rings. The molecule has 0 unspecified atom stereocenters. The van der Waals surface area contributed by atoms with Crippen LogP contribution in [0.25, 0.3) is 0 Å². The summed E-state index contributed by atoms with van der Waals surface area (Å²) in [4.78, 5) is 29.8. The standard InChI is InChI=1S/C27H17ClN4O2/c1-16-6-5-9-20-22(16)32(13-17-7-3-2-4-8-17)24(34)27(20)25(14-29,15-30)26(27)19-11-10-18(28)12-21(19)31-23(26)33/h2-12H,13H2,1H3,(H,31,33)/t26-,27-/m1/s1. The molecule has 6 rings (SSSR count). The number of carbonyl (C=O) groups excluding carboxylic acids is 2. The monoisotopic (exact) mass is 464 g/mol. The van der Waals surface area contributed by atoms with E-state index in [4.69, 9.17) is 11.6 Å². The highest BCUT2D eigenvalue weighted by Crippen LogP contribution is 2.83. The Bertz CT molecular complexity index is 1510. The maximum absolute atomic E-state index is 14.4. The first-order valence-corrected chi connectivity index (χ1v) is 11.2. The van der Waals surface area contributed by atoms with Gasteiger partial charge in [-0.25, -0.2) is 0 Å². The van der Waals surface area contributed by atoms with Gasteiger partial charge in [-0.1, -0.05) is 66.2 Å². The molecule has 0 radical (unpaired) electrons. The Morgan fingerprint density at radius 2 is 1.68 bits per heavy atom. The van der Waals surface area contributed by atoms with Crippen LogP contribution in [0.4, 0.5) is 11.4 Å². The van der Waals surface area contributed by atoms with Gasteiger partial charge >= 0.3 is 0 Å². The molecule has 2 amide bonds. The highest BCUT2D eigenvalue weighted by Gasteiger charge is 3.00. The Morgan fingerprint density at radius 3 is 2.38 bits per heavy atom. The second-order valence-electron chi connectivity index (χ2n) is 8.97. The zero-order valence-electron chi connectivity index (χ0n) is 18.1. The number of carbonyl (C=O) groups is 2. The first-order valence-electron chi connectivity index (χ1n) is 10.8. The second kappa shape index (κ2) is 6.47. The normalized spacial score (nSPS) is 25.0. The van der Waals surface area contributed by atoms with Gasteiger partial charge in [-0.3, -0.25) is 9.59 Å². The van der Waals surface area contributed by atoms with Crippen molar-refractivity contribution in [1.82, 2.24) is 0 Å². The number of amides is 2. The van der Waals surface area contributed by atoms with E-state index in [-0.39, 0.29) is 6.54 Å². The van der Waals surface area contributed by atoms with E-state index in [1.807, 2.05) is 43.3 Å². The Balaban J connectivity index is 1.67. The topological polar surface area (TPSA) is 97.0 Å². The molecule has 7 heteroatoms. The van der Waals surface area contributed by atoms with E-state index in [0.29, 0.717) is 27.5 Å². The van der Waals surface area contributed by atoms with E-state index in [1.165, 1.54) is 0 Å². The largest absolute Gasteiger partial charge is 0.325 e. The van der Waals surface area contributed by atoms with Crippen LogP contribution < -0.4 is 10.2 Å². The van der Waals surface area contributed by atoms with E-state index in [9.17, 15) is 20.1 Å². The van der Waals surface area contributed by atoms with Crippen LogP contribution in [0.3, 0.4) is 0 Å². The number of nitrogens with zero attached hydrogens (tertiary/aromatic N) is 3. The van der Waals surface area contributed by atoms with Crippen molar-refractivity contribution in [3.05, 3.63) is 94.0 Å². The average molecular weight is 465 g/mol. The van der Waals surface area contributed by atoms with Gasteiger partial charge in [0.25, 0.3) is 0 Å². The number of rotatable bonds is 2. The van der Waals surface area contributed by atoms with Crippen LogP contribution in [-0.4, -0.2) is 11.8 Å². The first kappa shape index (κ1) is 20.5. The van der Waals surface area contributed by atoms with Crippen molar-refractivity contribution in [3.63, 3.8) is 0 Å². The number of benzene rings is 3. The smallest absolute Gasteiger partial charge is 0.242 e. The summed E-state index contributed by atoms with van der Waals surface area (Å²) in [6.07, 6.45) is 0. The van der Waals surface area contributed by atoms with E-state index in [0.717, 1.165) is 11.1 Å². The van der Waals surface area contributed by atoms with Crippen molar-refractivity contribution >= 4 is 34.8 Å². The quantitative estimate of drug-likeness (QED) is 0.609. The summed E-state index contributed by atoms with van der Waals surface area (Å²) >= 11 is 6.16. The third-order valence-corrected chi connectivity index (χ3v) is 7.83. The minimum Gasteiger partial charge on any atom is -0.325 e. The van der Waals surface area contributed by atoms with Crippen LogP contribution in [0, 0.1) is 35.0 Å². The van der Waals surface area contributed by atoms with E-state index < -0.39 is 28.1 Å². The van der Waals surface area contributed by atoms with Gasteiger partial charge < -0.3 is 10.2 Å². The SMILES string of the molecule is Cc1cccc2c1N(Cc1ccccc1)C(=O)[C@@]21C(C#N)(C#N)[C@@]12C(=O)Nc1cc(Cl)ccc12. The predicted molar refractivity (Wildman–Crippen MR) is 126 cm³/mol. The molecule has 0 saturated heterocycles. The predicted octanol–water partition coefficient (Wildman–Crippen LogP) is 4.37. The molecule has 3 aromatic carbocycles. The van der Waals surface area contributed by atoms with Crippen LogP contribution in [0.1, 0.15) is 22.3 Å². The summed E-state index contributed by atoms with van der Waals surface area (Å²) in [5.74, 6) is -0.947. The Hall–Kier alpha value is -4.13. The number of hydrogen-bond acceptors (Lipinski definition) is 4. The summed E-state index contributed by atoms with van der Waals surface area (Å²) in [6, 6.07) is 24.1. The van der Waals surface area contributed by atoms with Crippen LogP contribution in [-0.2, 0) is 27.0 Å². The summed E-state index contributed by atoms with van der Waals surface area (Å²) in [6.45, 7) is 2.15. The maximum Gasteiger partial charge on any atom is 0.242 e. The minimum atomic E-state index is -1.91. The summed E-state index contributed by atoms with van der Waals surface area (Å²) in [7, 11) is 0. The van der Waals surface area contributed by atoms with Gasteiger partial charge in [0.05, 0.1) is 24.4 Å². The van der Waals surface area contributed by atoms with Gasteiger partial charge in [-0.2, -0.15) is 10.5 Å². The minimum absolute atomic E-state index is 0.261. The van der Waals surface area contributed by atoms with Gasteiger partial charge in [0, 0.05) is 10.7 Å². The fourth-order valence-electron chi connectivity index (χ4n) is 6.33. The van der Waals surface area contributed by atoms with Crippen molar-refractivity contribution in [1.29, 1.82) is 10.5 Å². The molecule has 3 aromatic rings. The number of halogens is 1. The van der Waals surface area contributed by atoms with Crippen molar-refractivity contribution in [2.45, 2.75) is 24.3 Å². The van der Waals surface area contributed by atoms with Crippen molar-refractivity contribution in [2.24, 2.45) is 5.41 Å². The van der Waals surface area contributed by atoms with Gasteiger partial charge in [0.2, 0.25) is 11.8 Å². The molecule has 1 N–H and O–H groups in total. The molecule has 34 heavy (non-hydrogen) atoms. The first-order chi connectivity index (χ1) is 16.4. The fourth-order valence-corrected chi connectivity index (χ4v) is 6.51. The maximum atomic E-state index is 14.4. The number of nitriles is 2. The molecule has 1 fully saturated rings. The molecular formula is C27H17ClN4O2. The molecule has 2 heterocycles. The number of para-hydroxylation sites is 1. The lowest BCUT2D eigenvalue weighted by molar-refractivity contribution is -0.124. The highest BCUT2D eigenvalue weighted by atomic mass is 35.5. The summed E-state index contributed by atoms with van der Waals surface area (Å²) in [5.41, 5.74) is -1.45. The summed E-state index contributed by atoms with van der Waals surface area (Å²) < 4.78 is 0. The second-order valence-corrected chi connectivity index (χ2v) is 9.40. The summed E-state index contributed by atoms with van der Waals surface area (Å²) in [5, 5.41) is 24.1. The number of nitrogens with one attached hydrogen (secondary N) is 1. The third-order valence-electron chi connectivity index (χ3n) is 7.60. The van der Waals surface area contributed by atoms with Gasteiger partial charge in [-0.15, -0.1) is 0 Å². The van der Waals surface area contributed by atoms with Gasteiger partial charge in [0.15, 0.2) is 5.41 Å². The highest BCUT2D eigenvalue weighted by molar-refractivity contribution is 6.32. The molecular weight excluding hydrogens is 448 g/mol. The lowest BCUT2D eigenvalue weighted by Gasteiger charge is -2.20. The molecule has 1 saturated carbocycles. The number of hydrogen-bond donors (Lipinski definition) is 1. The molecule has 1 aliphatic carbocycles. The Kier molecular flexibility index (Phi) is 3.90. The lowest BCUT2D eigenvalue weighted by atomic mass is 9.82. The fraction of sp³-hybridized carbons (Fsp3) is 0.185. The number of anilines is 2. The zero-order chi connectivity index (χ0) is 23.9. The molecule has 0 bridgehead atoms. The van der Waals surface area contributed by atoms with E-state index in [2.05, 4.69) is 17.5 Å². The third kappa shape index (κ3) is 1.94. The van der Waals surface area contributed by atoms with E-state index in [1.54, 1.807) is 35.2 Å². The molecule has 164 valence electrons. The van der Waals surface area contributed by atoms with Crippen molar-refractivity contribution < 1.29 is 9.59 Å². The molecule has 6 nitrogen and oxygen atoms in total. The van der Waals surface area contributed by atoms with Gasteiger partial charge in [0.1, 0.15) is 10.8 Å². The van der Waals surface area contributed by atoms with E-state index >= 15 is 0 Å². The van der Waals surface area contributed by atoms with Gasteiger partial charge in [-0.05, 0) is 41.3 Å². The van der Waals surface area contributed by atoms with Crippen molar-refractivity contribution in [2.75, 3.05) is 10.2 Å². The molecule has 2 spiro atoms. The Morgan fingerprint density at radius 1 is 0.941 bits per heavy atom. The van der Waals surface area contributed by atoms with Crippen LogP contribution >= 0.6 is 11.6 Å². The van der Waals surface area contributed by atoms with Crippen molar-refractivity contribution in [3.8, 4) is 12.1 Å². The molecule has 0 aromatic heterocycles. The lowest BCUT2D eigenvalue weighted by Crippen LogP contribution is -2.39. The van der Waals surface area contributed by atoms with Crippen LogP contribution in [0.2, 0.25) is 5.02 Å². The molecule has 2 aliphatic heterocycles. The van der Waals surface area contributed by atoms with Crippen LogP contribution in [0.15, 0.2) is 66.7 Å².